The lowest BCUT2D eigenvalue weighted by atomic mass is 9.97. The number of aliphatic hydroxyl groups is 1. The number of hydrogen-bond donors (Lipinski definition) is 7. The van der Waals surface area contributed by atoms with Crippen LogP contribution >= 0.6 is 11.8 Å². The quantitative estimate of drug-likeness (QED) is 0.158. The number of aromatic amines is 1. The van der Waals surface area contributed by atoms with Gasteiger partial charge in [-0.2, -0.15) is 11.8 Å². The van der Waals surface area contributed by atoms with Crippen molar-refractivity contribution in [1.29, 1.82) is 0 Å². The molecule has 0 spiro atoms. The normalized spacial score (nSPS) is 16.4. The van der Waals surface area contributed by atoms with Gasteiger partial charge in [-0.3, -0.25) is 14.4 Å². The molecule has 3 amide bonds. The average Bonchev–Trinajstić information content (AvgIpc) is 3.30. The molecule has 13 heteroatoms. The van der Waals surface area contributed by atoms with Gasteiger partial charge in [0.05, 0.1) is 18.5 Å². The van der Waals surface area contributed by atoms with E-state index in [2.05, 4.69) is 25.9 Å². The molecule has 12 nitrogen and oxygen atoms in total. The molecular weight excluding hydrogens is 464 g/mol. The number of carboxylic acid groups (broad SMARTS) is 1. The van der Waals surface area contributed by atoms with Crippen LogP contribution in [0.5, 0.6) is 0 Å². The van der Waals surface area contributed by atoms with Crippen LogP contribution in [0.25, 0.3) is 0 Å². The zero-order valence-electron chi connectivity index (χ0n) is 19.9. The third kappa shape index (κ3) is 9.31. The smallest absolute Gasteiger partial charge is 0.328 e. The highest BCUT2D eigenvalue weighted by Gasteiger charge is 2.34. The van der Waals surface area contributed by atoms with E-state index >= 15 is 0 Å². The van der Waals surface area contributed by atoms with E-state index < -0.39 is 54.0 Å². The van der Waals surface area contributed by atoms with Gasteiger partial charge in [0.2, 0.25) is 17.7 Å². The highest BCUT2D eigenvalue weighted by molar-refractivity contribution is 7.98. The first-order valence-corrected chi connectivity index (χ1v) is 12.4. The van der Waals surface area contributed by atoms with Crippen LogP contribution in [0.1, 0.15) is 39.3 Å². The van der Waals surface area contributed by atoms with Crippen molar-refractivity contribution >= 4 is 35.5 Å². The van der Waals surface area contributed by atoms with E-state index in [1.165, 1.54) is 19.4 Å². The van der Waals surface area contributed by atoms with Crippen molar-refractivity contribution in [2.45, 2.75) is 70.3 Å². The molecule has 6 unspecified atom stereocenters. The monoisotopic (exact) mass is 500 g/mol. The van der Waals surface area contributed by atoms with Crippen molar-refractivity contribution in [3.8, 4) is 0 Å². The Labute approximate surface area is 203 Å². The van der Waals surface area contributed by atoms with Gasteiger partial charge in [0.25, 0.3) is 0 Å². The molecule has 0 aromatic carbocycles. The summed E-state index contributed by atoms with van der Waals surface area (Å²) < 4.78 is 0. The number of carbonyl (C=O) groups is 4. The second-order valence-electron chi connectivity index (χ2n) is 8.17. The predicted molar refractivity (Wildman–Crippen MR) is 128 cm³/mol. The van der Waals surface area contributed by atoms with Crippen LogP contribution in [0.3, 0.4) is 0 Å². The van der Waals surface area contributed by atoms with Crippen LogP contribution in [-0.2, 0) is 25.6 Å². The molecule has 192 valence electrons. The molecule has 0 bridgehead atoms. The number of imidazole rings is 1. The third-order valence-electron chi connectivity index (χ3n) is 5.42. The average molecular weight is 501 g/mol. The zero-order chi connectivity index (χ0) is 25.8. The largest absolute Gasteiger partial charge is 0.480 e. The first-order chi connectivity index (χ1) is 16.0. The summed E-state index contributed by atoms with van der Waals surface area (Å²) in [6, 6.07) is -4.49. The first-order valence-electron chi connectivity index (χ1n) is 11.0. The number of hydrogen-bond acceptors (Lipinski definition) is 8. The molecule has 0 aliphatic carbocycles. The molecule has 1 aromatic rings. The Morgan fingerprint density at radius 2 is 1.76 bits per heavy atom. The molecule has 34 heavy (non-hydrogen) atoms. The van der Waals surface area contributed by atoms with Gasteiger partial charge < -0.3 is 36.9 Å². The minimum atomic E-state index is -1.54. The molecule has 1 rings (SSSR count). The fraction of sp³-hybridized carbons (Fsp3) is 0.667. The van der Waals surface area contributed by atoms with Crippen molar-refractivity contribution in [1.82, 2.24) is 25.9 Å². The Kier molecular flexibility index (Phi) is 12.6. The van der Waals surface area contributed by atoms with E-state index in [0.29, 0.717) is 24.3 Å². The lowest BCUT2D eigenvalue weighted by molar-refractivity contribution is -0.145. The topological polar surface area (TPSA) is 200 Å². The standard InChI is InChI=1S/C21H36N6O6S/c1-5-11(2)16(20(31)27-17(12(3)28)21(32)33)26-19(30)15(8-13-9-23-10-24-13)25-18(29)14(22)6-7-34-4/h9-12,14-17,28H,5-8,22H2,1-4H3,(H,23,24)(H,25,29)(H,26,30)(H,27,31)(H,32,33). The number of aliphatic carboxylic acids is 1. The molecule has 0 aliphatic rings. The van der Waals surface area contributed by atoms with Crippen molar-refractivity contribution in [3.05, 3.63) is 18.2 Å². The highest BCUT2D eigenvalue weighted by Crippen LogP contribution is 2.11. The summed E-state index contributed by atoms with van der Waals surface area (Å²) in [6.07, 6.45) is 4.51. The molecule has 8 N–H and O–H groups in total. The molecule has 0 fully saturated rings. The van der Waals surface area contributed by atoms with E-state index in [-0.39, 0.29) is 12.3 Å². The Bertz CT molecular complexity index is 806. The molecule has 0 aliphatic heterocycles. The Hall–Kier alpha value is -2.64. The summed E-state index contributed by atoms with van der Waals surface area (Å²) in [7, 11) is 0. The number of nitrogens with two attached hydrogens (primary N) is 1. The van der Waals surface area contributed by atoms with Gasteiger partial charge in [-0.1, -0.05) is 20.3 Å². The number of carboxylic acids is 1. The minimum absolute atomic E-state index is 0.0765. The van der Waals surface area contributed by atoms with Crippen LogP contribution in [-0.4, -0.2) is 86.2 Å². The second-order valence-corrected chi connectivity index (χ2v) is 9.15. The molecular formula is C21H36N6O6S. The van der Waals surface area contributed by atoms with Gasteiger partial charge >= 0.3 is 5.97 Å². The van der Waals surface area contributed by atoms with E-state index in [1.807, 2.05) is 13.2 Å². The number of carbonyl (C=O) groups excluding carboxylic acids is 3. The van der Waals surface area contributed by atoms with Crippen molar-refractivity contribution in [2.75, 3.05) is 12.0 Å². The minimum Gasteiger partial charge on any atom is -0.480 e. The number of thioether (sulfide) groups is 1. The summed E-state index contributed by atoms with van der Waals surface area (Å²) in [5, 5.41) is 26.5. The predicted octanol–water partition coefficient (Wildman–Crippen LogP) is -1.00. The number of aliphatic hydroxyl groups excluding tert-OH is 1. The summed E-state index contributed by atoms with van der Waals surface area (Å²) >= 11 is 1.55. The summed E-state index contributed by atoms with van der Waals surface area (Å²) in [6.45, 7) is 4.78. The third-order valence-corrected chi connectivity index (χ3v) is 6.07. The number of nitrogens with zero attached hydrogens (tertiary/aromatic N) is 1. The number of aromatic nitrogens is 2. The molecule has 1 heterocycles. The van der Waals surface area contributed by atoms with Crippen molar-refractivity contribution in [2.24, 2.45) is 11.7 Å². The van der Waals surface area contributed by atoms with Crippen molar-refractivity contribution < 1.29 is 29.4 Å². The summed E-state index contributed by atoms with van der Waals surface area (Å²) in [5.41, 5.74) is 6.52. The van der Waals surface area contributed by atoms with Gasteiger partial charge in [-0.25, -0.2) is 9.78 Å². The Morgan fingerprint density at radius 3 is 2.26 bits per heavy atom. The number of amides is 3. The van der Waals surface area contributed by atoms with Gasteiger partial charge in [0.1, 0.15) is 12.1 Å². The van der Waals surface area contributed by atoms with E-state index in [4.69, 9.17) is 5.73 Å². The lowest BCUT2D eigenvalue weighted by Gasteiger charge is -2.28. The first kappa shape index (κ1) is 29.4. The van der Waals surface area contributed by atoms with Crippen LogP contribution in [0.15, 0.2) is 12.5 Å². The maximum Gasteiger partial charge on any atom is 0.328 e. The van der Waals surface area contributed by atoms with Crippen molar-refractivity contribution in [3.63, 3.8) is 0 Å². The van der Waals surface area contributed by atoms with Crippen LogP contribution in [0, 0.1) is 5.92 Å². The molecule has 0 radical (unpaired) electrons. The fourth-order valence-electron chi connectivity index (χ4n) is 3.07. The maximum atomic E-state index is 13.2. The molecule has 1 aromatic heterocycles. The van der Waals surface area contributed by atoms with E-state index in [9.17, 15) is 29.4 Å². The van der Waals surface area contributed by atoms with E-state index in [0.717, 1.165) is 0 Å². The van der Waals surface area contributed by atoms with Crippen LogP contribution < -0.4 is 21.7 Å². The number of nitrogens with one attached hydrogen (secondary N) is 4. The lowest BCUT2D eigenvalue weighted by Crippen LogP contribution is -2.60. The van der Waals surface area contributed by atoms with Gasteiger partial charge in [-0.15, -0.1) is 0 Å². The summed E-state index contributed by atoms with van der Waals surface area (Å²) in [5.74, 6) is -2.97. The van der Waals surface area contributed by atoms with E-state index in [1.54, 1.807) is 18.7 Å². The van der Waals surface area contributed by atoms with Crippen LogP contribution in [0.2, 0.25) is 0 Å². The maximum absolute atomic E-state index is 13.2. The molecule has 0 saturated heterocycles. The van der Waals surface area contributed by atoms with Gasteiger partial charge in [0.15, 0.2) is 6.04 Å². The highest BCUT2D eigenvalue weighted by atomic mass is 32.2. The second kappa shape index (κ2) is 14.6. The molecule has 0 saturated carbocycles. The zero-order valence-corrected chi connectivity index (χ0v) is 20.7. The SMILES string of the molecule is CCC(C)C(NC(=O)C(Cc1cnc[nH]1)NC(=O)C(N)CCSC)C(=O)NC(C(=O)O)C(C)O. The Balaban J connectivity index is 3.05. The van der Waals surface area contributed by atoms with Gasteiger partial charge in [0, 0.05) is 18.3 Å². The summed E-state index contributed by atoms with van der Waals surface area (Å²) in [4.78, 5) is 56.8. The number of rotatable bonds is 15. The fourth-order valence-corrected chi connectivity index (χ4v) is 3.56. The number of H-pyrrole nitrogens is 1. The van der Waals surface area contributed by atoms with Crippen LogP contribution in [0.4, 0.5) is 0 Å². The Morgan fingerprint density at radius 1 is 1.12 bits per heavy atom. The van der Waals surface area contributed by atoms with Gasteiger partial charge in [-0.05, 0) is 31.3 Å². The molecule has 6 atom stereocenters.